The Balaban J connectivity index is 2.39. The lowest BCUT2D eigenvalue weighted by Gasteiger charge is -2.22. The van der Waals surface area contributed by atoms with Crippen LogP contribution in [-0.4, -0.2) is 40.1 Å². The molecule has 23 heavy (non-hydrogen) atoms. The van der Waals surface area contributed by atoms with Crippen molar-refractivity contribution in [2.45, 2.75) is 13.3 Å². The maximum absolute atomic E-state index is 12.6. The molecule has 124 valence electrons. The van der Waals surface area contributed by atoms with Crippen molar-refractivity contribution in [1.82, 2.24) is 14.5 Å². The highest BCUT2D eigenvalue weighted by molar-refractivity contribution is 6.40. The third-order valence-corrected chi connectivity index (χ3v) is 3.48. The Morgan fingerprint density at radius 3 is 2.65 bits per heavy atom. The lowest BCUT2D eigenvalue weighted by atomic mass is 10.3. The van der Waals surface area contributed by atoms with Crippen molar-refractivity contribution in [1.29, 1.82) is 0 Å². The number of nitrogens with zero attached hydrogens (tertiary/aromatic N) is 3. The first-order valence-electron chi connectivity index (χ1n) is 8.64. The van der Waals surface area contributed by atoms with E-state index in [4.69, 9.17) is 45.0 Å². The van der Waals surface area contributed by atoms with E-state index in [9.17, 15) is 4.79 Å². The number of amides is 1. The number of hydrogen-bond donors (Lipinski definition) is 0. The molecule has 0 saturated carbocycles. The van der Waals surface area contributed by atoms with Gasteiger partial charge in [-0.25, -0.2) is 9.78 Å². The standard InChI is InChI=1S/C15H16Cl3N3O2/c1-2-4-20(15(22)21-5-3-19-10-21)6-7-23-14-12(17)8-11(16)9-13(14)18/h3,5,8-10H,2,4,6-7H2,1H3/i6D2,7D2. The Hall–Kier alpha value is -1.43. The lowest BCUT2D eigenvalue weighted by molar-refractivity contribution is 0.184. The van der Waals surface area contributed by atoms with E-state index in [1.807, 2.05) is 0 Å². The van der Waals surface area contributed by atoms with Crippen LogP contribution in [0.1, 0.15) is 18.8 Å². The summed E-state index contributed by atoms with van der Waals surface area (Å²) >= 11 is 17.8. The van der Waals surface area contributed by atoms with Crippen LogP contribution in [0.25, 0.3) is 0 Å². The highest BCUT2D eigenvalue weighted by Crippen LogP contribution is 2.35. The molecule has 0 spiro atoms. The number of benzene rings is 1. The van der Waals surface area contributed by atoms with Crippen LogP contribution < -0.4 is 4.74 Å². The third-order valence-electron chi connectivity index (χ3n) is 2.70. The largest absolute Gasteiger partial charge is 0.489 e. The van der Waals surface area contributed by atoms with Crippen molar-refractivity contribution in [3.63, 3.8) is 0 Å². The van der Waals surface area contributed by atoms with E-state index >= 15 is 0 Å². The summed E-state index contributed by atoms with van der Waals surface area (Å²) in [6.07, 6.45) is 4.28. The minimum absolute atomic E-state index is 0.0606. The first-order chi connectivity index (χ1) is 12.5. The molecule has 1 aromatic heterocycles. The van der Waals surface area contributed by atoms with Gasteiger partial charge in [-0.2, -0.15) is 0 Å². The van der Waals surface area contributed by atoms with Gasteiger partial charge in [0.2, 0.25) is 0 Å². The molecule has 2 rings (SSSR count). The molecule has 0 fully saturated rings. The first-order valence-corrected chi connectivity index (χ1v) is 7.78. The summed E-state index contributed by atoms with van der Waals surface area (Å²) in [4.78, 5) is 17.1. The molecule has 0 atom stereocenters. The van der Waals surface area contributed by atoms with Gasteiger partial charge in [-0.1, -0.05) is 41.7 Å². The minimum Gasteiger partial charge on any atom is -0.489 e. The van der Waals surface area contributed by atoms with Crippen LogP contribution in [0.5, 0.6) is 5.75 Å². The number of rotatable bonds is 6. The van der Waals surface area contributed by atoms with E-state index < -0.39 is 19.1 Å². The Morgan fingerprint density at radius 1 is 1.39 bits per heavy atom. The minimum atomic E-state index is -2.99. The van der Waals surface area contributed by atoms with E-state index in [0.717, 1.165) is 9.47 Å². The third kappa shape index (κ3) is 4.77. The van der Waals surface area contributed by atoms with Crippen molar-refractivity contribution in [2.24, 2.45) is 0 Å². The highest BCUT2D eigenvalue weighted by atomic mass is 35.5. The second-order valence-corrected chi connectivity index (χ2v) is 5.67. The maximum Gasteiger partial charge on any atom is 0.329 e. The van der Waals surface area contributed by atoms with Crippen molar-refractivity contribution in [3.05, 3.63) is 45.9 Å². The van der Waals surface area contributed by atoms with Gasteiger partial charge in [-0.15, -0.1) is 0 Å². The molecular weight excluding hydrogens is 361 g/mol. The molecule has 1 aromatic carbocycles. The average molecular weight is 381 g/mol. The average Bonchev–Trinajstić information content (AvgIpc) is 3.09. The fourth-order valence-electron chi connectivity index (χ4n) is 1.69. The summed E-state index contributed by atoms with van der Waals surface area (Å²) in [7, 11) is 0. The number of halogens is 3. The molecule has 0 aliphatic carbocycles. The molecule has 2 aromatic rings. The molecule has 0 aliphatic heterocycles. The second kappa shape index (κ2) is 8.43. The molecule has 0 N–H and O–H groups in total. The number of ether oxygens (including phenoxy) is 1. The predicted molar refractivity (Wildman–Crippen MR) is 91.9 cm³/mol. The van der Waals surface area contributed by atoms with E-state index in [-0.39, 0.29) is 27.4 Å². The van der Waals surface area contributed by atoms with Crippen LogP contribution in [0.15, 0.2) is 30.9 Å². The van der Waals surface area contributed by atoms with Crippen LogP contribution >= 0.6 is 34.8 Å². The summed E-state index contributed by atoms with van der Waals surface area (Å²) in [6, 6.07) is 1.78. The van der Waals surface area contributed by atoms with Gasteiger partial charge in [-0.3, -0.25) is 4.57 Å². The SMILES string of the molecule is [2H]C([2H])(Oc1c(Cl)cc(Cl)cc1Cl)C([2H])([2H])N(CCC)C(=O)n1ccnc1. The van der Waals surface area contributed by atoms with Gasteiger partial charge in [0.1, 0.15) is 12.9 Å². The van der Waals surface area contributed by atoms with Crippen molar-refractivity contribution in [3.8, 4) is 5.75 Å². The normalized spacial score (nSPS) is 14.4. The molecule has 0 saturated heterocycles. The summed E-state index contributed by atoms with van der Waals surface area (Å²) in [5.74, 6) is -0.275. The van der Waals surface area contributed by atoms with E-state index in [1.165, 1.54) is 30.9 Å². The van der Waals surface area contributed by atoms with Gasteiger partial charge in [-0.05, 0) is 18.6 Å². The number of carbonyl (C=O) groups is 1. The zero-order chi connectivity index (χ0) is 20.4. The van der Waals surface area contributed by atoms with Crippen molar-refractivity contribution < 1.29 is 15.0 Å². The maximum atomic E-state index is 12.6. The van der Waals surface area contributed by atoms with Crippen LogP contribution in [0.4, 0.5) is 4.79 Å². The molecule has 0 bridgehead atoms. The summed E-state index contributed by atoms with van der Waals surface area (Å²) in [6.45, 7) is -4.18. The van der Waals surface area contributed by atoms with Crippen molar-refractivity contribution >= 4 is 40.8 Å². The van der Waals surface area contributed by atoms with Crippen LogP contribution in [0, 0.1) is 0 Å². The van der Waals surface area contributed by atoms with Gasteiger partial charge in [0, 0.05) is 24.0 Å². The fourth-order valence-corrected chi connectivity index (χ4v) is 2.58. The topological polar surface area (TPSA) is 47.4 Å². The van der Waals surface area contributed by atoms with Gasteiger partial charge in [0.05, 0.1) is 22.0 Å². The Kier molecular flexibility index (Phi) is 4.74. The number of aromatic nitrogens is 2. The molecule has 1 heterocycles. The van der Waals surface area contributed by atoms with E-state index in [1.54, 1.807) is 6.92 Å². The Bertz CT molecular complexity index is 796. The monoisotopic (exact) mass is 379 g/mol. The summed E-state index contributed by atoms with van der Waals surface area (Å²) in [5, 5.41) is 0.0362. The highest BCUT2D eigenvalue weighted by Gasteiger charge is 2.15. The molecule has 0 radical (unpaired) electrons. The molecule has 0 unspecified atom stereocenters. The van der Waals surface area contributed by atoms with Crippen LogP contribution in [-0.2, 0) is 0 Å². The van der Waals surface area contributed by atoms with E-state index in [0.29, 0.717) is 6.42 Å². The number of hydrogen-bond acceptors (Lipinski definition) is 3. The Morgan fingerprint density at radius 2 is 2.09 bits per heavy atom. The Labute approximate surface area is 155 Å². The molecule has 8 heteroatoms. The van der Waals surface area contributed by atoms with Crippen molar-refractivity contribution in [2.75, 3.05) is 19.6 Å². The number of imidazole rings is 1. The lowest BCUT2D eigenvalue weighted by Crippen LogP contribution is -2.37. The second-order valence-electron chi connectivity index (χ2n) is 4.42. The van der Waals surface area contributed by atoms with Gasteiger partial charge < -0.3 is 9.64 Å². The van der Waals surface area contributed by atoms with Gasteiger partial charge in [0.15, 0.2) is 5.75 Å². The molecule has 1 amide bonds. The van der Waals surface area contributed by atoms with Gasteiger partial charge >= 0.3 is 6.03 Å². The fraction of sp³-hybridized carbons (Fsp3) is 0.333. The molecular formula is C15H16Cl3N3O2. The van der Waals surface area contributed by atoms with Crippen LogP contribution in [0.3, 0.4) is 0 Å². The summed E-state index contributed by atoms with van der Waals surface area (Å²) < 4.78 is 39.1. The predicted octanol–water partition coefficient (Wildman–Crippen LogP) is 4.60. The summed E-state index contributed by atoms with van der Waals surface area (Å²) in [5.41, 5.74) is 0. The van der Waals surface area contributed by atoms with E-state index in [2.05, 4.69) is 4.98 Å². The molecule has 5 nitrogen and oxygen atoms in total. The van der Waals surface area contributed by atoms with Crippen LogP contribution in [0.2, 0.25) is 15.1 Å². The molecule has 0 aliphatic rings. The zero-order valence-corrected chi connectivity index (χ0v) is 14.4. The van der Waals surface area contributed by atoms with Gasteiger partial charge in [0.25, 0.3) is 0 Å². The number of carbonyl (C=O) groups excluding carboxylic acids is 1. The smallest absolute Gasteiger partial charge is 0.329 e. The zero-order valence-electron chi connectivity index (χ0n) is 16.1. The first kappa shape index (κ1) is 12.9. The quantitative estimate of drug-likeness (QED) is 0.735.